The predicted octanol–water partition coefficient (Wildman–Crippen LogP) is 5.67. The van der Waals surface area contributed by atoms with Gasteiger partial charge in [0.05, 0.1) is 11.1 Å². The smallest absolute Gasteiger partial charge is 0.362 e. The molecule has 0 aromatic heterocycles. The molecule has 9 heteroatoms. The minimum atomic E-state index is -4.97. The largest absolute Gasteiger partial charge is 0.416 e. The lowest BCUT2D eigenvalue weighted by atomic mass is 10.1. The molecular weight excluding hydrogens is 367 g/mol. The van der Waals surface area contributed by atoms with Gasteiger partial charge in [-0.1, -0.05) is 0 Å². The third kappa shape index (κ3) is 5.08. The Bertz CT molecular complexity index is 788. The van der Waals surface area contributed by atoms with E-state index in [2.05, 4.69) is 5.32 Å². The molecule has 0 aliphatic rings. The van der Waals surface area contributed by atoms with Crippen molar-refractivity contribution in [2.24, 2.45) is 0 Å². The molecule has 2 aromatic carbocycles. The van der Waals surface area contributed by atoms with Crippen LogP contribution in [0.25, 0.3) is 0 Å². The zero-order valence-electron chi connectivity index (χ0n) is 12.8. The maximum absolute atomic E-state index is 12.8. The van der Waals surface area contributed by atoms with E-state index in [-0.39, 0.29) is 11.6 Å². The molecule has 1 N–H and O–H groups in total. The number of ketones is 1. The molecule has 0 atom stereocenters. The standard InChI is InChI=1S/C17H10F7NO/c18-13-3-1-10(2-4-13)15(26)5-6-25-14-8-11(16(19,20)21)7-12(9-14)17(22,23)24/h1-9,25H. The number of halogens is 7. The first-order valence-corrected chi connectivity index (χ1v) is 6.99. The molecule has 0 spiro atoms. The van der Waals surface area contributed by atoms with E-state index in [1.54, 1.807) is 0 Å². The monoisotopic (exact) mass is 377 g/mol. The lowest BCUT2D eigenvalue weighted by Crippen LogP contribution is -2.11. The summed E-state index contributed by atoms with van der Waals surface area (Å²) in [5, 5.41) is 2.21. The van der Waals surface area contributed by atoms with Crippen LogP contribution in [0.2, 0.25) is 0 Å². The highest BCUT2D eigenvalue weighted by Crippen LogP contribution is 2.37. The van der Waals surface area contributed by atoms with Crippen molar-refractivity contribution >= 4 is 11.5 Å². The van der Waals surface area contributed by atoms with Crippen LogP contribution in [-0.2, 0) is 12.4 Å². The molecule has 2 aromatic rings. The number of carbonyl (C=O) groups is 1. The fraction of sp³-hybridized carbons (Fsp3) is 0.118. The molecule has 0 amide bonds. The molecule has 2 nitrogen and oxygen atoms in total. The Kier molecular flexibility index (Phi) is 5.38. The van der Waals surface area contributed by atoms with Gasteiger partial charge in [-0.05, 0) is 42.5 Å². The Morgan fingerprint density at radius 1 is 0.846 bits per heavy atom. The van der Waals surface area contributed by atoms with Crippen molar-refractivity contribution in [1.82, 2.24) is 0 Å². The Hall–Kier alpha value is -2.84. The number of benzene rings is 2. The molecule has 26 heavy (non-hydrogen) atoms. The van der Waals surface area contributed by atoms with Gasteiger partial charge < -0.3 is 5.32 Å². The van der Waals surface area contributed by atoms with Crippen LogP contribution >= 0.6 is 0 Å². The van der Waals surface area contributed by atoms with Crippen molar-refractivity contribution in [2.75, 3.05) is 5.32 Å². The molecule has 2 rings (SSSR count). The van der Waals surface area contributed by atoms with Crippen LogP contribution in [0.4, 0.5) is 36.4 Å². The Balaban J connectivity index is 2.23. The average Bonchev–Trinajstić information content (AvgIpc) is 2.53. The number of hydrogen-bond donors (Lipinski definition) is 1. The molecule has 0 aliphatic carbocycles. The van der Waals surface area contributed by atoms with E-state index in [9.17, 15) is 35.5 Å². The van der Waals surface area contributed by atoms with Gasteiger partial charge in [-0.2, -0.15) is 26.3 Å². The fourth-order valence-corrected chi connectivity index (χ4v) is 1.96. The Labute approximate surface area is 142 Å². The van der Waals surface area contributed by atoms with E-state index in [0.717, 1.165) is 24.4 Å². The number of alkyl halides is 6. The van der Waals surface area contributed by atoms with Crippen molar-refractivity contribution in [3.8, 4) is 0 Å². The summed E-state index contributed by atoms with van der Waals surface area (Å²) in [7, 11) is 0. The molecule has 0 saturated heterocycles. The van der Waals surface area contributed by atoms with Gasteiger partial charge in [0.2, 0.25) is 0 Å². The summed E-state index contributed by atoms with van der Waals surface area (Å²) in [6.07, 6.45) is -8.13. The molecule has 138 valence electrons. The van der Waals surface area contributed by atoms with Gasteiger partial charge in [0.25, 0.3) is 0 Å². The molecule has 0 bridgehead atoms. The van der Waals surface area contributed by atoms with Crippen molar-refractivity contribution in [1.29, 1.82) is 0 Å². The summed E-state index contributed by atoms with van der Waals surface area (Å²) in [6, 6.07) is 5.43. The summed E-state index contributed by atoms with van der Waals surface area (Å²) in [6.45, 7) is 0. The Morgan fingerprint density at radius 2 is 1.35 bits per heavy atom. The minimum absolute atomic E-state index is 0.00143. The number of hydrogen-bond acceptors (Lipinski definition) is 2. The SMILES string of the molecule is O=C(C=CNc1cc(C(F)(F)F)cc(C(F)(F)F)c1)c1ccc(F)cc1. The van der Waals surface area contributed by atoms with Crippen LogP contribution in [0.1, 0.15) is 21.5 Å². The highest BCUT2D eigenvalue weighted by atomic mass is 19.4. The summed E-state index contributed by atoms with van der Waals surface area (Å²) in [4.78, 5) is 11.8. The van der Waals surface area contributed by atoms with Crippen LogP contribution in [0.3, 0.4) is 0 Å². The van der Waals surface area contributed by atoms with Crippen LogP contribution in [0, 0.1) is 5.82 Å². The first-order chi connectivity index (χ1) is 12.0. The summed E-state index contributed by atoms with van der Waals surface area (Å²) in [5.74, 6) is -1.17. The lowest BCUT2D eigenvalue weighted by molar-refractivity contribution is -0.143. The van der Waals surface area contributed by atoms with E-state index in [1.165, 1.54) is 12.1 Å². The molecule has 0 fully saturated rings. The quantitative estimate of drug-likeness (QED) is 0.423. The van der Waals surface area contributed by atoms with Gasteiger partial charge >= 0.3 is 12.4 Å². The van der Waals surface area contributed by atoms with Crippen LogP contribution in [0.5, 0.6) is 0 Å². The van der Waals surface area contributed by atoms with Gasteiger partial charge in [-0.15, -0.1) is 0 Å². The molecule has 0 unspecified atom stereocenters. The van der Waals surface area contributed by atoms with Gasteiger partial charge in [0, 0.05) is 23.5 Å². The predicted molar refractivity (Wildman–Crippen MR) is 79.9 cm³/mol. The highest BCUT2D eigenvalue weighted by Gasteiger charge is 2.36. The summed E-state index contributed by atoms with van der Waals surface area (Å²) >= 11 is 0. The maximum Gasteiger partial charge on any atom is 0.416 e. The zero-order valence-corrected chi connectivity index (χ0v) is 12.8. The number of rotatable bonds is 4. The highest BCUT2D eigenvalue weighted by molar-refractivity contribution is 6.04. The van der Waals surface area contributed by atoms with E-state index >= 15 is 0 Å². The first kappa shape index (κ1) is 19.5. The van der Waals surface area contributed by atoms with E-state index < -0.39 is 40.8 Å². The second kappa shape index (κ2) is 7.19. The third-order valence-electron chi connectivity index (χ3n) is 3.20. The van der Waals surface area contributed by atoms with E-state index in [1.807, 2.05) is 0 Å². The van der Waals surface area contributed by atoms with Crippen LogP contribution < -0.4 is 5.32 Å². The fourth-order valence-electron chi connectivity index (χ4n) is 1.96. The lowest BCUT2D eigenvalue weighted by Gasteiger charge is -2.14. The Morgan fingerprint density at radius 3 is 1.81 bits per heavy atom. The number of carbonyl (C=O) groups excluding carboxylic acids is 1. The molecule has 0 saturated carbocycles. The second-order valence-electron chi connectivity index (χ2n) is 5.14. The molecule has 0 aliphatic heterocycles. The van der Waals surface area contributed by atoms with Crippen LogP contribution in [0.15, 0.2) is 54.7 Å². The topological polar surface area (TPSA) is 29.1 Å². The van der Waals surface area contributed by atoms with E-state index in [4.69, 9.17) is 0 Å². The molecular formula is C17H10F7NO. The van der Waals surface area contributed by atoms with Crippen molar-refractivity contribution < 1.29 is 35.5 Å². The summed E-state index contributed by atoms with van der Waals surface area (Å²) in [5.41, 5.74) is -3.35. The minimum Gasteiger partial charge on any atom is -0.362 e. The van der Waals surface area contributed by atoms with E-state index in [0.29, 0.717) is 12.1 Å². The normalized spacial score (nSPS) is 12.4. The third-order valence-corrected chi connectivity index (χ3v) is 3.20. The van der Waals surface area contributed by atoms with Crippen molar-refractivity contribution in [3.05, 3.63) is 77.2 Å². The van der Waals surface area contributed by atoms with Crippen molar-refractivity contribution in [2.45, 2.75) is 12.4 Å². The average molecular weight is 377 g/mol. The zero-order chi connectivity index (χ0) is 19.5. The van der Waals surface area contributed by atoms with Gasteiger partial charge in [-0.25, -0.2) is 4.39 Å². The maximum atomic E-state index is 12.8. The van der Waals surface area contributed by atoms with Gasteiger partial charge in [0.1, 0.15) is 5.82 Å². The molecule has 0 heterocycles. The number of anilines is 1. The van der Waals surface area contributed by atoms with Crippen molar-refractivity contribution in [3.63, 3.8) is 0 Å². The molecule has 0 radical (unpaired) electrons. The van der Waals surface area contributed by atoms with Gasteiger partial charge in [0.15, 0.2) is 5.78 Å². The van der Waals surface area contributed by atoms with Gasteiger partial charge in [-0.3, -0.25) is 4.79 Å². The number of allylic oxidation sites excluding steroid dienone is 1. The first-order valence-electron chi connectivity index (χ1n) is 6.99. The van der Waals surface area contributed by atoms with Crippen LogP contribution in [-0.4, -0.2) is 5.78 Å². The second-order valence-corrected chi connectivity index (χ2v) is 5.14. The number of nitrogens with one attached hydrogen (secondary N) is 1. The summed E-state index contributed by atoms with van der Waals surface area (Å²) < 4.78 is 89.2.